The molecule has 2 aromatic carbocycles. The highest BCUT2D eigenvalue weighted by Gasteiger charge is 2.18. The first-order valence-corrected chi connectivity index (χ1v) is 6.79. The van der Waals surface area contributed by atoms with E-state index in [4.69, 9.17) is 16.7 Å². The highest BCUT2D eigenvalue weighted by atomic mass is 79.9. The molecule has 6 nitrogen and oxygen atoms in total. The van der Waals surface area contributed by atoms with Crippen LogP contribution in [0.4, 0.5) is 17.1 Å². The Morgan fingerprint density at radius 2 is 1.90 bits per heavy atom. The van der Waals surface area contributed by atoms with Crippen LogP contribution in [0, 0.1) is 10.1 Å². The van der Waals surface area contributed by atoms with E-state index in [-0.39, 0.29) is 16.9 Å². The van der Waals surface area contributed by atoms with Gasteiger partial charge in [-0.05, 0) is 30.3 Å². The van der Waals surface area contributed by atoms with Gasteiger partial charge >= 0.3 is 5.97 Å². The Morgan fingerprint density at radius 1 is 1.24 bits per heavy atom. The molecule has 0 bridgehead atoms. The fourth-order valence-electron chi connectivity index (χ4n) is 1.66. The van der Waals surface area contributed by atoms with E-state index in [9.17, 15) is 14.9 Å². The number of carboxylic acids is 1. The molecule has 0 aliphatic rings. The molecule has 0 saturated carbocycles. The van der Waals surface area contributed by atoms with Crippen molar-refractivity contribution in [1.82, 2.24) is 0 Å². The second-order valence-corrected chi connectivity index (χ2v) is 5.37. The summed E-state index contributed by atoms with van der Waals surface area (Å²) >= 11 is 9.30. The summed E-state index contributed by atoms with van der Waals surface area (Å²) in [6.07, 6.45) is 0. The van der Waals surface area contributed by atoms with Crippen LogP contribution in [-0.2, 0) is 0 Å². The normalized spacial score (nSPS) is 10.2. The van der Waals surface area contributed by atoms with Crippen LogP contribution in [0.2, 0.25) is 5.02 Å². The third kappa shape index (κ3) is 3.50. The lowest BCUT2D eigenvalue weighted by Gasteiger charge is -2.09. The minimum Gasteiger partial charge on any atom is -0.478 e. The Labute approximate surface area is 132 Å². The van der Waals surface area contributed by atoms with Gasteiger partial charge in [0, 0.05) is 10.5 Å². The summed E-state index contributed by atoms with van der Waals surface area (Å²) in [4.78, 5) is 21.3. The van der Waals surface area contributed by atoms with Crippen LogP contribution in [0.15, 0.2) is 40.9 Å². The number of hydrogen-bond acceptors (Lipinski definition) is 4. The fraction of sp³-hybridized carbons (Fsp3) is 0. The predicted octanol–water partition coefficient (Wildman–Crippen LogP) is 4.45. The number of nitro groups is 1. The van der Waals surface area contributed by atoms with Crippen molar-refractivity contribution < 1.29 is 14.8 Å². The van der Waals surface area contributed by atoms with Gasteiger partial charge in [-0.1, -0.05) is 27.5 Å². The van der Waals surface area contributed by atoms with E-state index >= 15 is 0 Å². The minimum absolute atomic E-state index is 0.158. The van der Waals surface area contributed by atoms with Gasteiger partial charge in [-0.3, -0.25) is 10.1 Å². The number of nitro benzene ring substituents is 1. The fourth-order valence-corrected chi connectivity index (χ4v) is 2.38. The zero-order valence-corrected chi connectivity index (χ0v) is 12.7. The van der Waals surface area contributed by atoms with E-state index < -0.39 is 10.9 Å². The Morgan fingerprint density at radius 3 is 2.48 bits per heavy atom. The van der Waals surface area contributed by atoms with Crippen molar-refractivity contribution in [2.75, 3.05) is 5.32 Å². The first-order chi connectivity index (χ1) is 9.88. The summed E-state index contributed by atoms with van der Waals surface area (Å²) < 4.78 is 0.772. The maximum atomic E-state index is 11.1. The van der Waals surface area contributed by atoms with Crippen LogP contribution < -0.4 is 5.32 Å². The molecule has 0 spiro atoms. The summed E-state index contributed by atoms with van der Waals surface area (Å²) in [5.41, 5.74) is 0.142. The van der Waals surface area contributed by atoms with Gasteiger partial charge < -0.3 is 10.4 Å². The molecule has 2 aromatic rings. The van der Waals surface area contributed by atoms with E-state index in [0.29, 0.717) is 10.7 Å². The van der Waals surface area contributed by atoms with Gasteiger partial charge in [0.25, 0.3) is 5.69 Å². The van der Waals surface area contributed by atoms with Crippen molar-refractivity contribution in [3.8, 4) is 0 Å². The van der Waals surface area contributed by atoms with Crippen LogP contribution in [0.25, 0.3) is 0 Å². The molecule has 2 rings (SSSR count). The van der Waals surface area contributed by atoms with Crippen molar-refractivity contribution in [2.24, 2.45) is 0 Å². The number of halogens is 2. The number of nitrogens with one attached hydrogen (secondary N) is 1. The lowest BCUT2D eigenvalue weighted by atomic mass is 10.1. The summed E-state index contributed by atoms with van der Waals surface area (Å²) in [5.74, 6) is -1.23. The smallest absolute Gasteiger partial charge is 0.335 e. The molecule has 0 aromatic heterocycles. The quantitative estimate of drug-likeness (QED) is 0.612. The van der Waals surface area contributed by atoms with Gasteiger partial charge in [-0.25, -0.2) is 4.79 Å². The molecule has 0 atom stereocenters. The standard InChI is InChI=1S/C13H8BrClN2O4/c14-8-2-4-10(9(15)6-8)16-11-3-1-7(13(18)19)5-12(11)17(20)21/h1-6,16H,(H,18,19). The average molecular weight is 372 g/mol. The van der Waals surface area contributed by atoms with Crippen molar-refractivity contribution >= 4 is 50.6 Å². The van der Waals surface area contributed by atoms with Gasteiger partial charge in [0.15, 0.2) is 0 Å². The molecule has 0 aliphatic carbocycles. The molecule has 0 amide bonds. The summed E-state index contributed by atoms with van der Waals surface area (Å²) in [5, 5.41) is 23.1. The van der Waals surface area contributed by atoms with Gasteiger partial charge in [-0.15, -0.1) is 0 Å². The number of nitrogens with zero attached hydrogens (tertiary/aromatic N) is 1. The Hall–Kier alpha value is -2.12. The third-order valence-electron chi connectivity index (χ3n) is 2.64. The summed E-state index contributed by atoms with van der Waals surface area (Å²) in [6.45, 7) is 0. The number of anilines is 2. The number of benzene rings is 2. The van der Waals surface area contributed by atoms with Gasteiger partial charge in [0.1, 0.15) is 5.69 Å². The molecule has 0 heterocycles. The topological polar surface area (TPSA) is 92.5 Å². The predicted molar refractivity (Wildman–Crippen MR) is 82.5 cm³/mol. The molecule has 0 radical (unpaired) electrons. The molecular weight excluding hydrogens is 364 g/mol. The molecule has 8 heteroatoms. The monoisotopic (exact) mass is 370 g/mol. The van der Waals surface area contributed by atoms with E-state index in [1.54, 1.807) is 18.2 Å². The number of carboxylic acid groups (broad SMARTS) is 1. The van der Waals surface area contributed by atoms with Crippen LogP contribution in [0.5, 0.6) is 0 Å². The molecular formula is C13H8BrClN2O4. The van der Waals surface area contributed by atoms with Crippen molar-refractivity contribution in [1.29, 1.82) is 0 Å². The van der Waals surface area contributed by atoms with E-state index in [0.717, 1.165) is 10.5 Å². The maximum Gasteiger partial charge on any atom is 0.335 e. The van der Waals surface area contributed by atoms with E-state index in [1.165, 1.54) is 12.1 Å². The number of carbonyl (C=O) groups is 1. The molecule has 0 fully saturated rings. The second kappa shape index (κ2) is 6.11. The van der Waals surface area contributed by atoms with Gasteiger partial charge in [0.2, 0.25) is 0 Å². The summed E-state index contributed by atoms with van der Waals surface area (Å²) in [6, 6.07) is 8.63. The zero-order chi connectivity index (χ0) is 15.6. The van der Waals surface area contributed by atoms with Gasteiger partial charge in [-0.2, -0.15) is 0 Å². The Bertz CT molecular complexity index is 736. The first-order valence-electron chi connectivity index (χ1n) is 5.62. The third-order valence-corrected chi connectivity index (χ3v) is 3.45. The summed E-state index contributed by atoms with van der Waals surface area (Å²) in [7, 11) is 0. The Kier molecular flexibility index (Phi) is 4.44. The van der Waals surface area contributed by atoms with Crippen LogP contribution in [0.1, 0.15) is 10.4 Å². The highest BCUT2D eigenvalue weighted by molar-refractivity contribution is 9.10. The van der Waals surface area contributed by atoms with Crippen LogP contribution in [0.3, 0.4) is 0 Å². The first kappa shape index (κ1) is 15.3. The van der Waals surface area contributed by atoms with Crippen LogP contribution in [-0.4, -0.2) is 16.0 Å². The lowest BCUT2D eigenvalue weighted by Crippen LogP contribution is -2.02. The zero-order valence-electron chi connectivity index (χ0n) is 10.3. The van der Waals surface area contributed by atoms with Crippen molar-refractivity contribution in [2.45, 2.75) is 0 Å². The number of aromatic carboxylic acids is 1. The molecule has 0 saturated heterocycles. The van der Waals surface area contributed by atoms with Gasteiger partial charge in [0.05, 0.1) is 21.2 Å². The van der Waals surface area contributed by atoms with Crippen LogP contribution >= 0.6 is 27.5 Å². The maximum absolute atomic E-state index is 11.1. The molecule has 2 N–H and O–H groups in total. The Balaban J connectivity index is 2.44. The molecule has 0 unspecified atom stereocenters. The lowest BCUT2D eigenvalue weighted by molar-refractivity contribution is -0.383. The second-order valence-electron chi connectivity index (χ2n) is 4.04. The SMILES string of the molecule is O=C(O)c1ccc(Nc2ccc(Br)cc2Cl)c([N+](=O)[O-])c1. The average Bonchev–Trinajstić information content (AvgIpc) is 2.41. The number of hydrogen-bond donors (Lipinski definition) is 2. The molecule has 21 heavy (non-hydrogen) atoms. The largest absolute Gasteiger partial charge is 0.478 e. The molecule has 0 aliphatic heterocycles. The van der Waals surface area contributed by atoms with E-state index in [2.05, 4.69) is 21.2 Å². The molecule has 108 valence electrons. The van der Waals surface area contributed by atoms with Crippen molar-refractivity contribution in [3.05, 3.63) is 61.6 Å². The van der Waals surface area contributed by atoms with Crippen molar-refractivity contribution in [3.63, 3.8) is 0 Å². The minimum atomic E-state index is -1.23. The van der Waals surface area contributed by atoms with E-state index in [1.807, 2.05) is 0 Å². The number of rotatable bonds is 4. The highest BCUT2D eigenvalue weighted by Crippen LogP contribution is 2.33.